The number of halogens is 3. The van der Waals surface area contributed by atoms with Crippen molar-refractivity contribution in [2.24, 2.45) is 17.8 Å². The lowest BCUT2D eigenvalue weighted by molar-refractivity contribution is 0.312. The van der Waals surface area contributed by atoms with Crippen molar-refractivity contribution < 1.29 is 4.39 Å². The molecule has 0 N–H and O–H groups in total. The van der Waals surface area contributed by atoms with E-state index in [1.807, 2.05) is 0 Å². The molecule has 1 aromatic rings. The van der Waals surface area contributed by atoms with Crippen molar-refractivity contribution in [3.05, 3.63) is 34.6 Å². The van der Waals surface area contributed by atoms with Crippen molar-refractivity contribution in [3.8, 4) is 0 Å². The predicted octanol–water partition coefficient (Wildman–Crippen LogP) is 5.61. The van der Waals surface area contributed by atoms with Crippen LogP contribution in [0.1, 0.15) is 37.7 Å². The molecular formula is C16H19BrClF. The second-order valence-electron chi connectivity index (χ2n) is 6.17. The van der Waals surface area contributed by atoms with Crippen LogP contribution in [0.25, 0.3) is 0 Å². The van der Waals surface area contributed by atoms with Gasteiger partial charge in [0.25, 0.3) is 0 Å². The Balaban J connectivity index is 1.61. The van der Waals surface area contributed by atoms with Gasteiger partial charge in [0.1, 0.15) is 5.82 Å². The third kappa shape index (κ3) is 3.00. The molecule has 2 aliphatic carbocycles. The van der Waals surface area contributed by atoms with Crippen LogP contribution in [-0.4, -0.2) is 4.83 Å². The van der Waals surface area contributed by atoms with Gasteiger partial charge < -0.3 is 0 Å². The van der Waals surface area contributed by atoms with Crippen LogP contribution in [0.3, 0.4) is 0 Å². The summed E-state index contributed by atoms with van der Waals surface area (Å²) in [5.74, 6) is 2.58. The number of benzene rings is 1. The smallest absolute Gasteiger partial charge is 0.127 e. The van der Waals surface area contributed by atoms with Crippen molar-refractivity contribution in [1.29, 1.82) is 0 Å². The SMILES string of the molecule is Fc1cccc(Cl)c1CC(Br)CC1CC2CCC1C2. The Hall–Kier alpha value is -0.0800. The van der Waals surface area contributed by atoms with Gasteiger partial charge in [-0.25, -0.2) is 4.39 Å². The first kappa shape index (κ1) is 13.9. The third-order valence-electron chi connectivity index (χ3n) is 4.93. The van der Waals surface area contributed by atoms with E-state index in [4.69, 9.17) is 11.6 Å². The minimum Gasteiger partial charge on any atom is -0.207 e. The first-order valence-electron chi connectivity index (χ1n) is 7.20. The summed E-state index contributed by atoms with van der Waals surface area (Å²) < 4.78 is 13.8. The van der Waals surface area contributed by atoms with Gasteiger partial charge in [-0.2, -0.15) is 0 Å². The fourth-order valence-corrected chi connectivity index (χ4v) is 5.07. The first-order chi connectivity index (χ1) is 9.13. The highest BCUT2D eigenvalue weighted by atomic mass is 79.9. The molecule has 4 atom stereocenters. The van der Waals surface area contributed by atoms with Crippen molar-refractivity contribution in [2.45, 2.75) is 43.4 Å². The number of rotatable bonds is 4. The summed E-state index contributed by atoms with van der Waals surface area (Å²) in [6, 6.07) is 4.94. The zero-order valence-electron chi connectivity index (χ0n) is 10.9. The van der Waals surface area contributed by atoms with E-state index in [9.17, 15) is 4.39 Å². The van der Waals surface area contributed by atoms with Crippen LogP contribution >= 0.6 is 27.5 Å². The highest BCUT2D eigenvalue weighted by molar-refractivity contribution is 9.09. The number of alkyl halides is 1. The summed E-state index contributed by atoms with van der Waals surface area (Å²) in [4.78, 5) is 0.339. The monoisotopic (exact) mass is 344 g/mol. The Morgan fingerprint density at radius 1 is 1.32 bits per heavy atom. The second kappa shape index (κ2) is 5.73. The maximum atomic E-state index is 13.8. The van der Waals surface area contributed by atoms with Crippen LogP contribution in [0.2, 0.25) is 5.02 Å². The van der Waals surface area contributed by atoms with Gasteiger partial charge >= 0.3 is 0 Å². The van der Waals surface area contributed by atoms with E-state index < -0.39 is 0 Å². The zero-order valence-corrected chi connectivity index (χ0v) is 13.3. The molecule has 2 saturated carbocycles. The van der Waals surface area contributed by atoms with E-state index >= 15 is 0 Å². The lowest BCUT2D eigenvalue weighted by Crippen LogP contribution is -2.17. The molecule has 0 radical (unpaired) electrons. The van der Waals surface area contributed by atoms with Gasteiger partial charge in [-0.05, 0) is 62.0 Å². The number of fused-ring (bicyclic) bond motifs is 2. The Labute approximate surface area is 127 Å². The lowest BCUT2D eigenvalue weighted by atomic mass is 9.85. The Bertz CT molecular complexity index is 442. The Morgan fingerprint density at radius 3 is 2.79 bits per heavy atom. The van der Waals surface area contributed by atoms with E-state index in [-0.39, 0.29) is 5.82 Å². The molecule has 0 aromatic heterocycles. The highest BCUT2D eigenvalue weighted by Gasteiger charge is 2.39. The summed E-state index contributed by atoms with van der Waals surface area (Å²) in [6.07, 6.45) is 7.52. The van der Waals surface area contributed by atoms with Crippen LogP contribution in [0.15, 0.2) is 18.2 Å². The first-order valence-corrected chi connectivity index (χ1v) is 8.49. The lowest BCUT2D eigenvalue weighted by Gasteiger charge is -2.24. The van der Waals surface area contributed by atoms with Gasteiger partial charge in [0, 0.05) is 15.4 Å². The molecule has 3 heteroatoms. The fourth-order valence-electron chi connectivity index (χ4n) is 4.03. The maximum absolute atomic E-state index is 13.8. The van der Waals surface area contributed by atoms with E-state index in [1.165, 1.54) is 31.7 Å². The van der Waals surface area contributed by atoms with Crippen molar-refractivity contribution in [3.63, 3.8) is 0 Å². The van der Waals surface area contributed by atoms with Crippen LogP contribution in [-0.2, 0) is 6.42 Å². The molecule has 3 rings (SSSR count). The van der Waals surface area contributed by atoms with E-state index in [2.05, 4.69) is 15.9 Å². The predicted molar refractivity (Wildman–Crippen MR) is 81.4 cm³/mol. The molecule has 0 heterocycles. The molecule has 2 aliphatic rings. The van der Waals surface area contributed by atoms with Crippen molar-refractivity contribution in [2.75, 3.05) is 0 Å². The van der Waals surface area contributed by atoms with Crippen molar-refractivity contribution >= 4 is 27.5 Å². The number of hydrogen-bond acceptors (Lipinski definition) is 0. The molecular weight excluding hydrogens is 327 g/mol. The molecule has 0 saturated heterocycles. The molecule has 0 aliphatic heterocycles. The maximum Gasteiger partial charge on any atom is 0.127 e. The highest BCUT2D eigenvalue weighted by Crippen LogP contribution is 2.50. The quantitative estimate of drug-likeness (QED) is 0.622. The van der Waals surface area contributed by atoms with E-state index in [0.29, 0.717) is 21.8 Å². The van der Waals surface area contributed by atoms with E-state index in [1.54, 1.807) is 12.1 Å². The molecule has 2 fully saturated rings. The summed E-state index contributed by atoms with van der Waals surface area (Å²) in [6.45, 7) is 0. The van der Waals surface area contributed by atoms with Crippen LogP contribution in [0.4, 0.5) is 4.39 Å². The normalized spacial score (nSPS) is 30.8. The fraction of sp³-hybridized carbons (Fsp3) is 0.625. The molecule has 2 bridgehead atoms. The van der Waals surface area contributed by atoms with Crippen molar-refractivity contribution in [1.82, 2.24) is 0 Å². The topological polar surface area (TPSA) is 0 Å². The average molecular weight is 346 g/mol. The van der Waals surface area contributed by atoms with Gasteiger partial charge in [0.15, 0.2) is 0 Å². The van der Waals surface area contributed by atoms with Crippen LogP contribution in [0, 0.1) is 23.6 Å². The summed E-state index contributed by atoms with van der Waals surface area (Å²) >= 11 is 9.83. The molecule has 0 amide bonds. The molecule has 19 heavy (non-hydrogen) atoms. The van der Waals surface area contributed by atoms with Gasteiger partial charge in [-0.3, -0.25) is 0 Å². The van der Waals surface area contributed by atoms with E-state index in [0.717, 1.165) is 24.2 Å². The largest absolute Gasteiger partial charge is 0.207 e. The minimum absolute atomic E-state index is 0.176. The Kier molecular flexibility index (Phi) is 4.19. The number of hydrogen-bond donors (Lipinski definition) is 0. The van der Waals surface area contributed by atoms with Gasteiger partial charge in [-0.1, -0.05) is 40.0 Å². The molecule has 104 valence electrons. The molecule has 1 aromatic carbocycles. The summed E-state index contributed by atoms with van der Waals surface area (Å²) in [7, 11) is 0. The zero-order chi connectivity index (χ0) is 13.4. The molecule has 4 unspecified atom stereocenters. The summed E-state index contributed by atoms with van der Waals surface area (Å²) in [5, 5.41) is 0.553. The molecule has 0 spiro atoms. The average Bonchev–Trinajstić information content (AvgIpc) is 2.96. The van der Waals surface area contributed by atoms with Crippen LogP contribution in [0.5, 0.6) is 0 Å². The van der Waals surface area contributed by atoms with Gasteiger partial charge in [-0.15, -0.1) is 0 Å². The van der Waals surface area contributed by atoms with Gasteiger partial charge in [0.2, 0.25) is 0 Å². The second-order valence-corrected chi connectivity index (χ2v) is 7.87. The summed E-state index contributed by atoms with van der Waals surface area (Å²) in [5.41, 5.74) is 0.661. The van der Waals surface area contributed by atoms with Crippen LogP contribution < -0.4 is 0 Å². The minimum atomic E-state index is -0.176. The standard InChI is InChI=1S/C16H19BrClF/c17-13(8-12-7-10-4-5-11(12)6-10)9-14-15(18)2-1-3-16(14)19/h1-3,10-13H,4-9H2. The molecule has 0 nitrogen and oxygen atoms in total. The Morgan fingerprint density at radius 2 is 2.16 bits per heavy atom. The third-order valence-corrected chi connectivity index (χ3v) is 5.98. The van der Waals surface area contributed by atoms with Gasteiger partial charge in [0.05, 0.1) is 0 Å².